The number of nitrogens with one attached hydrogen (secondary N) is 2. The molecule has 19 heavy (non-hydrogen) atoms. The minimum Gasteiger partial charge on any atom is -0.444 e. The van der Waals surface area contributed by atoms with Crippen molar-refractivity contribution in [2.75, 3.05) is 6.54 Å². The van der Waals surface area contributed by atoms with E-state index in [1.165, 1.54) is 12.8 Å². The molecule has 2 fully saturated rings. The van der Waals surface area contributed by atoms with Gasteiger partial charge < -0.3 is 21.1 Å². The highest BCUT2D eigenvalue weighted by Gasteiger charge is 2.35. The zero-order chi connectivity index (χ0) is 14.0. The van der Waals surface area contributed by atoms with Crippen LogP contribution in [0, 0.1) is 5.92 Å². The van der Waals surface area contributed by atoms with Crippen molar-refractivity contribution in [3.63, 3.8) is 0 Å². The van der Waals surface area contributed by atoms with Crippen LogP contribution >= 0.6 is 0 Å². The van der Waals surface area contributed by atoms with Gasteiger partial charge in [-0.2, -0.15) is 0 Å². The third-order valence-electron chi connectivity index (χ3n) is 3.68. The normalized spacial score (nSPS) is 28.4. The van der Waals surface area contributed by atoms with Gasteiger partial charge in [-0.3, -0.25) is 0 Å². The van der Waals surface area contributed by atoms with Crippen molar-refractivity contribution in [2.45, 2.75) is 70.2 Å². The molecule has 1 unspecified atom stereocenters. The molecule has 0 bridgehead atoms. The SMILES string of the molecule is CC(C)(C)OC(=O)NCC(NC1CC(N)C1)C1CC1. The molecule has 0 aromatic rings. The summed E-state index contributed by atoms with van der Waals surface area (Å²) in [6, 6.07) is 1.25. The summed E-state index contributed by atoms with van der Waals surface area (Å²) in [6.07, 6.45) is 4.29. The summed E-state index contributed by atoms with van der Waals surface area (Å²) in [5.74, 6) is 0.701. The summed E-state index contributed by atoms with van der Waals surface area (Å²) in [6.45, 7) is 6.27. The Morgan fingerprint density at radius 2 is 2.00 bits per heavy atom. The van der Waals surface area contributed by atoms with Crippen molar-refractivity contribution >= 4 is 6.09 Å². The van der Waals surface area contributed by atoms with Gasteiger partial charge in [0, 0.05) is 24.7 Å². The molecule has 0 spiro atoms. The minimum atomic E-state index is -0.437. The van der Waals surface area contributed by atoms with Crippen molar-refractivity contribution in [3.8, 4) is 0 Å². The Hall–Kier alpha value is -0.810. The first-order valence-electron chi connectivity index (χ1n) is 7.32. The molecule has 2 rings (SSSR count). The summed E-state index contributed by atoms with van der Waals surface area (Å²) >= 11 is 0. The Morgan fingerprint density at radius 3 is 2.47 bits per heavy atom. The van der Waals surface area contributed by atoms with E-state index in [0.29, 0.717) is 30.6 Å². The van der Waals surface area contributed by atoms with Crippen molar-refractivity contribution in [1.29, 1.82) is 0 Å². The highest BCUT2D eigenvalue weighted by Crippen LogP contribution is 2.33. The first kappa shape index (κ1) is 14.6. The van der Waals surface area contributed by atoms with Gasteiger partial charge in [0.25, 0.3) is 0 Å². The molecular weight excluding hydrogens is 242 g/mol. The van der Waals surface area contributed by atoms with Crippen molar-refractivity contribution in [1.82, 2.24) is 10.6 Å². The highest BCUT2D eigenvalue weighted by atomic mass is 16.6. The molecule has 4 N–H and O–H groups in total. The Kier molecular flexibility index (Phi) is 4.36. The van der Waals surface area contributed by atoms with Crippen LogP contribution in [0.1, 0.15) is 46.5 Å². The predicted octanol–water partition coefficient (Wildman–Crippen LogP) is 1.37. The summed E-state index contributed by atoms with van der Waals surface area (Å²) in [5.41, 5.74) is 5.36. The van der Waals surface area contributed by atoms with Crippen LogP contribution in [0.4, 0.5) is 4.79 Å². The lowest BCUT2D eigenvalue weighted by molar-refractivity contribution is 0.0518. The van der Waals surface area contributed by atoms with Crippen LogP contribution in [0.2, 0.25) is 0 Å². The molecule has 110 valence electrons. The maximum absolute atomic E-state index is 11.6. The van der Waals surface area contributed by atoms with Gasteiger partial charge >= 0.3 is 6.09 Å². The molecule has 0 radical (unpaired) electrons. The quantitative estimate of drug-likeness (QED) is 0.704. The molecule has 2 aliphatic carbocycles. The van der Waals surface area contributed by atoms with Gasteiger partial charge in [0.2, 0.25) is 0 Å². The van der Waals surface area contributed by atoms with Crippen LogP contribution in [0.25, 0.3) is 0 Å². The lowest BCUT2D eigenvalue weighted by Crippen LogP contribution is -2.55. The lowest BCUT2D eigenvalue weighted by Gasteiger charge is -2.36. The largest absolute Gasteiger partial charge is 0.444 e. The molecule has 5 nitrogen and oxygen atoms in total. The molecule has 2 aliphatic rings. The average Bonchev–Trinajstić information content (AvgIpc) is 3.02. The van der Waals surface area contributed by atoms with E-state index in [-0.39, 0.29) is 6.09 Å². The van der Waals surface area contributed by atoms with E-state index in [4.69, 9.17) is 10.5 Å². The van der Waals surface area contributed by atoms with E-state index in [0.717, 1.165) is 12.8 Å². The maximum Gasteiger partial charge on any atom is 0.407 e. The number of rotatable bonds is 5. The Balaban J connectivity index is 1.70. The number of alkyl carbamates (subject to hydrolysis) is 1. The van der Waals surface area contributed by atoms with Gasteiger partial charge in [-0.25, -0.2) is 4.79 Å². The minimum absolute atomic E-state index is 0.328. The average molecular weight is 269 g/mol. The number of hydrogen-bond donors (Lipinski definition) is 3. The molecule has 1 atom stereocenters. The fraction of sp³-hybridized carbons (Fsp3) is 0.929. The van der Waals surface area contributed by atoms with E-state index in [1.807, 2.05) is 20.8 Å². The predicted molar refractivity (Wildman–Crippen MR) is 74.9 cm³/mol. The second-order valence-corrected chi connectivity index (χ2v) is 6.92. The standard InChI is InChI=1S/C14H27N3O2/c1-14(2,3)19-13(18)16-8-12(9-4-5-9)17-11-6-10(15)7-11/h9-12,17H,4-8,15H2,1-3H3,(H,16,18). The Bertz CT molecular complexity index is 317. The molecule has 2 saturated carbocycles. The second kappa shape index (κ2) is 5.67. The van der Waals surface area contributed by atoms with Crippen LogP contribution in [0.15, 0.2) is 0 Å². The number of carbonyl (C=O) groups is 1. The Labute approximate surface area is 115 Å². The number of hydrogen-bond acceptors (Lipinski definition) is 4. The maximum atomic E-state index is 11.6. The summed E-state index contributed by atoms with van der Waals surface area (Å²) in [4.78, 5) is 11.6. The van der Waals surface area contributed by atoms with Crippen LogP contribution in [-0.2, 0) is 4.74 Å². The number of nitrogens with two attached hydrogens (primary N) is 1. The van der Waals surface area contributed by atoms with E-state index in [1.54, 1.807) is 0 Å². The van der Waals surface area contributed by atoms with E-state index >= 15 is 0 Å². The third-order valence-corrected chi connectivity index (χ3v) is 3.68. The molecule has 1 amide bonds. The van der Waals surface area contributed by atoms with Crippen LogP contribution in [0.3, 0.4) is 0 Å². The van der Waals surface area contributed by atoms with Gasteiger partial charge in [0.15, 0.2) is 0 Å². The third kappa shape index (κ3) is 4.99. The number of carbonyl (C=O) groups excluding carboxylic acids is 1. The second-order valence-electron chi connectivity index (χ2n) is 6.92. The van der Waals surface area contributed by atoms with E-state index in [2.05, 4.69) is 10.6 Å². The molecule has 0 aliphatic heterocycles. The molecule has 5 heteroatoms. The summed E-state index contributed by atoms with van der Waals surface area (Å²) in [7, 11) is 0. The van der Waals surface area contributed by atoms with E-state index < -0.39 is 5.60 Å². The molecule has 0 aromatic heterocycles. The Morgan fingerprint density at radius 1 is 1.37 bits per heavy atom. The zero-order valence-corrected chi connectivity index (χ0v) is 12.2. The topological polar surface area (TPSA) is 76.4 Å². The van der Waals surface area contributed by atoms with Crippen LogP contribution in [0.5, 0.6) is 0 Å². The van der Waals surface area contributed by atoms with E-state index in [9.17, 15) is 4.79 Å². The molecular formula is C14H27N3O2. The fourth-order valence-electron chi connectivity index (χ4n) is 2.47. The summed E-state index contributed by atoms with van der Waals surface area (Å²) in [5, 5.41) is 6.48. The van der Waals surface area contributed by atoms with Crippen molar-refractivity contribution in [2.24, 2.45) is 11.7 Å². The molecule has 0 aromatic carbocycles. The van der Waals surface area contributed by atoms with Crippen molar-refractivity contribution in [3.05, 3.63) is 0 Å². The lowest BCUT2D eigenvalue weighted by atomic mass is 9.87. The monoisotopic (exact) mass is 269 g/mol. The zero-order valence-electron chi connectivity index (χ0n) is 12.2. The smallest absolute Gasteiger partial charge is 0.407 e. The van der Waals surface area contributed by atoms with Gasteiger partial charge in [-0.15, -0.1) is 0 Å². The van der Waals surface area contributed by atoms with Crippen LogP contribution < -0.4 is 16.4 Å². The van der Waals surface area contributed by atoms with Gasteiger partial charge in [-0.05, 0) is 52.4 Å². The molecule has 0 heterocycles. The van der Waals surface area contributed by atoms with Crippen LogP contribution in [-0.4, -0.2) is 36.4 Å². The highest BCUT2D eigenvalue weighted by molar-refractivity contribution is 5.67. The fourth-order valence-corrected chi connectivity index (χ4v) is 2.47. The van der Waals surface area contributed by atoms with Gasteiger partial charge in [0.1, 0.15) is 5.60 Å². The summed E-state index contributed by atoms with van der Waals surface area (Å²) < 4.78 is 5.25. The number of ether oxygens (including phenoxy) is 1. The molecule has 0 saturated heterocycles. The van der Waals surface area contributed by atoms with Crippen molar-refractivity contribution < 1.29 is 9.53 Å². The van der Waals surface area contributed by atoms with Gasteiger partial charge in [0.05, 0.1) is 0 Å². The first-order chi connectivity index (χ1) is 8.83. The van der Waals surface area contributed by atoms with Gasteiger partial charge in [-0.1, -0.05) is 0 Å². The number of amides is 1. The first-order valence-corrected chi connectivity index (χ1v) is 7.32.